The first-order valence-corrected chi connectivity index (χ1v) is 8.93. The second kappa shape index (κ2) is 7.70. The number of nitrogen functional groups attached to an aromatic ring is 1. The van der Waals surface area contributed by atoms with Gasteiger partial charge < -0.3 is 20.3 Å². The van der Waals surface area contributed by atoms with Gasteiger partial charge in [-0.25, -0.2) is 0 Å². The molecule has 124 valence electrons. The zero-order valence-corrected chi connectivity index (χ0v) is 13.9. The van der Waals surface area contributed by atoms with Crippen LogP contribution >= 0.6 is 23.1 Å². The molecule has 1 unspecified atom stereocenters. The zero-order valence-electron chi connectivity index (χ0n) is 12.2. The van der Waals surface area contributed by atoms with Crippen LogP contribution in [0, 0.1) is 0 Å². The van der Waals surface area contributed by atoms with Gasteiger partial charge in [-0.1, -0.05) is 28.3 Å². The van der Waals surface area contributed by atoms with Gasteiger partial charge in [0.1, 0.15) is 6.10 Å². The van der Waals surface area contributed by atoms with E-state index in [1.807, 2.05) is 0 Å². The number of hydrogen-bond donors (Lipinski definition) is 2. The Balaban J connectivity index is 1.36. The van der Waals surface area contributed by atoms with Crippen molar-refractivity contribution in [2.75, 3.05) is 24.6 Å². The lowest BCUT2D eigenvalue weighted by Crippen LogP contribution is -2.27. The summed E-state index contributed by atoms with van der Waals surface area (Å²) in [6, 6.07) is 0. The molecule has 1 aliphatic rings. The molecular formula is C12H16N6O3S2. The predicted octanol–water partition coefficient (Wildman–Crippen LogP) is 0.806. The molecule has 3 heterocycles. The van der Waals surface area contributed by atoms with Crippen LogP contribution in [0.3, 0.4) is 0 Å². The quantitative estimate of drug-likeness (QED) is 0.692. The van der Waals surface area contributed by atoms with E-state index >= 15 is 0 Å². The number of hydrogen-bond acceptors (Lipinski definition) is 10. The van der Waals surface area contributed by atoms with Gasteiger partial charge in [0.25, 0.3) is 5.89 Å². The third kappa shape index (κ3) is 4.62. The number of amides is 1. The SMILES string of the molecule is Nc1nnc(SCC(=O)NCCc2noc(C3CCCO3)n2)s1. The van der Waals surface area contributed by atoms with E-state index in [0.717, 1.165) is 19.4 Å². The van der Waals surface area contributed by atoms with Gasteiger partial charge in [0.05, 0.1) is 5.75 Å². The zero-order chi connectivity index (χ0) is 16.1. The fraction of sp³-hybridized carbons (Fsp3) is 0.583. The van der Waals surface area contributed by atoms with Crippen molar-refractivity contribution in [1.29, 1.82) is 0 Å². The van der Waals surface area contributed by atoms with Crippen LogP contribution in [0.1, 0.15) is 30.7 Å². The number of aromatic nitrogens is 4. The first-order valence-electron chi connectivity index (χ1n) is 7.13. The predicted molar refractivity (Wildman–Crippen MR) is 84.0 cm³/mol. The number of nitrogens with zero attached hydrogens (tertiary/aromatic N) is 4. The first-order chi connectivity index (χ1) is 11.2. The summed E-state index contributed by atoms with van der Waals surface area (Å²) in [4.78, 5) is 16.0. The molecule has 1 amide bonds. The molecule has 0 radical (unpaired) electrons. The maximum absolute atomic E-state index is 11.7. The molecule has 11 heteroatoms. The molecule has 9 nitrogen and oxygen atoms in total. The van der Waals surface area contributed by atoms with Gasteiger partial charge >= 0.3 is 0 Å². The van der Waals surface area contributed by atoms with E-state index in [0.29, 0.717) is 34.2 Å². The summed E-state index contributed by atoms with van der Waals surface area (Å²) in [7, 11) is 0. The molecular weight excluding hydrogens is 340 g/mol. The standard InChI is InChI=1S/C12H16N6O3S2/c13-11-16-17-12(23-11)22-6-9(19)14-4-3-8-15-10(21-18-8)7-2-1-5-20-7/h7H,1-6H2,(H2,13,16)(H,14,19). The Morgan fingerprint density at radius 1 is 1.48 bits per heavy atom. The summed E-state index contributed by atoms with van der Waals surface area (Å²) in [6.45, 7) is 1.18. The normalized spacial score (nSPS) is 17.5. The Hall–Kier alpha value is -1.72. The molecule has 3 rings (SSSR count). The lowest BCUT2D eigenvalue weighted by Gasteiger charge is -2.02. The van der Waals surface area contributed by atoms with Crippen molar-refractivity contribution in [3.8, 4) is 0 Å². The van der Waals surface area contributed by atoms with Gasteiger partial charge in [0, 0.05) is 19.6 Å². The summed E-state index contributed by atoms with van der Waals surface area (Å²) >= 11 is 2.56. The van der Waals surface area contributed by atoms with Crippen LogP contribution in [0.25, 0.3) is 0 Å². The Bertz CT molecular complexity index is 655. The number of anilines is 1. The molecule has 3 N–H and O–H groups in total. The van der Waals surface area contributed by atoms with E-state index < -0.39 is 0 Å². The summed E-state index contributed by atoms with van der Waals surface area (Å²) in [5.74, 6) is 1.27. The highest BCUT2D eigenvalue weighted by Gasteiger charge is 2.23. The van der Waals surface area contributed by atoms with E-state index in [4.69, 9.17) is 15.0 Å². The lowest BCUT2D eigenvalue weighted by atomic mass is 10.2. The van der Waals surface area contributed by atoms with Crippen LogP contribution < -0.4 is 11.1 Å². The van der Waals surface area contributed by atoms with Crippen LogP contribution in [-0.2, 0) is 16.0 Å². The van der Waals surface area contributed by atoms with Crippen LogP contribution in [-0.4, -0.2) is 45.1 Å². The van der Waals surface area contributed by atoms with Gasteiger partial charge in [-0.3, -0.25) is 4.79 Å². The minimum Gasteiger partial charge on any atom is -0.374 e. The molecule has 2 aromatic rings. The fourth-order valence-electron chi connectivity index (χ4n) is 2.04. The molecule has 0 bridgehead atoms. The van der Waals surface area contributed by atoms with Crippen molar-refractivity contribution in [2.24, 2.45) is 0 Å². The first kappa shape index (κ1) is 16.1. The summed E-state index contributed by atoms with van der Waals surface area (Å²) in [6.07, 6.45) is 2.35. The maximum Gasteiger partial charge on any atom is 0.255 e. The Morgan fingerprint density at radius 3 is 3.13 bits per heavy atom. The molecule has 0 aliphatic carbocycles. The monoisotopic (exact) mass is 356 g/mol. The topological polar surface area (TPSA) is 129 Å². The number of rotatable bonds is 7. The molecule has 1 atom stereocenters. The van der Waals surface area contributed by atoms with Crippen molar-refractivity contribution in [3.63, 3.8) is 0 Å². The molecule has 1 aliphatic heterocycles. The van der Waals surface area contributed by atoms with Crippen LogP contribution in [0.5, 0.6) is 0 Å². The highest BCUT2D eigenvalue weighted by molar-refractivity contribution is 8.01. The van der Waals surface area contributed by atoms with Crippen molar-refractivity contribution >= 4 is 34.1 Å². The second-order valence-corrected chi connectivity index (χ2v) is 7.08. The van der Waals surface area contributed by atoms with Crippen molar-refractivity contribution in [1.82, 2.24) is 25.7 Å². The van der Waals surface area contributed by atoms with Crippen molar-refractivity contribution in [2.45, 2.75) is 29.7 Å². The lowest BCUT2D eigenvalue weighted by molar-refractivity contribution is -0.118. The molecule has 1 fully saturated rings. The smallest absolute Gasteiger partial charge is 0.255 e. The largest absolute Gasteiger partial charge is 0.374 e. The van der Waals surface area contributed by atoms with Gasteiger partial charge in [0.2, 0.25) is 11.0 Å². The Kier molecular flexibility index (Phi) is 5.41. The van der Waals surface area contributed by atoms with Gasteiger partial charge in [-0.15, -0.1) is 10.2 Å². The minimum atomic E-state index is -0.0911. The van der Waals surface area contributed by atoms with E-state index in [2.05, 4.69) is 25.7 Å². The van der Waals surface area contributed by atoms with E-state index in [-0.39, 0.29) is 17.8 Å². The third-order valence-electron chi connectivity index (χ3n) is 3.11. The Morgan fingerprint density at radius 2 is 2.39 bits per heavy atom. The van der Waals surface area contributed by atoms with Gasteiger partial charge in [-0.05, 0) is 12.8 Å². The molecule has 0 saturated carbocycles. The highest BCUT2D eigenvalue weighted by Crippen LogP contribution is 2.27. The molecule has 2 aromatic heterocycles. The van der Waals surface area contributed by atoms with Gasteiger partial charge in [-0.2, -0.15) is 4.98 Å². The molecule has 1 saturated heterocycles. The van der Waals surface area contributed by atoms with E-state index in [1.54, 1.807) is 0 Å². The fourth-order valence-corrected chi connectivity index (χ4v) is 3.51. The number of carbonyl (C=O) groups is 1. The maximum atomic E-state index is 11.7. The average Bonchev–Trinajstić information content (AvgIpc) is 3.26. The minimum absolute atomic E-state index is 0.0819. The number of nitrogens with two attached hydrogens (primary N) is 1. The number of thioether (sulfide) groups is 1. The number of ether oxygens (including phenoxy) is 1. The molecule has 0 aromatic carbocycles. The number of carbonyl (C=O) groups excluding carboxylic acids is 1. The van der Waals surface area contributed by atoms with Crippen LogP contribution in [0.4, 0.5) is 5.13 Å². The van der Waals surface area contributed by atoms with E-state index in [1.165, 1.54) is 23.1 Å². The third-order valence-corrected chi connectivity index (χ3v) is 4.99. The summed E-state index contributed by atoms with van der Waals surface area (Å²) in [5.41, 5.74) is 5.48. The molecule has 0 spiro atoms. The second-order valence-electron chi connectivity index (χ2n) is 4.85. The number of nitrogens with one attached hydrogen (secondary N) is 1. The van der Waals surface area contributed by atoms with Crippen LogP contribution in [0.15, 0.2) is 8.86 Å². The van der Waals surface area contributed by atoms with Crippen molar-refractivity contribution in [3.05, 3.63) is 11.7 Å². The summed E-state index contributed by atoms with van der Waals surface area (Å²) < 4.78 is 11.3. The summed E-state index contributed by atoms with van der Waals surface area (Å²) in [5, 5.41) is 14.6. The Labute approximate surface area is 140 Å². The average molecular weight is 356 g/mol. The van der Waals surface area contributed by atoms with Gasteiger partial charge in [0.15, 0.2) is 10.2 Å². The molecule has 23 heavy (non-hydrogen) atoms. The van der Waals surface area contributed by atoms with Crippen molar-refractivity contribution < 1.29 is 14.1 Å². The van der Waals surface area contributed by atoms with E-state index in [9.17, 15) is 4.79 Å². The highest BCUT2D eigenvalue weighted by atomic mass is 32.2. The van der Waals surface area contributed by atoms with Crippen LogP contribution in [0.2, 0.25) is 0 Å².